The fourth-order valence-electron chi connectivity index (χ4n) is 1.45. The number of carbonyl (C=O) groups excluding carboxylic acids is 1. The molecule has 2 nitrogen and oxygen atoms in total. The number of hydrogen-bond acceptors (Lipinski definition) is 2. The number of ether oxygens (including phenoxy) is 1. The molecule has 0 radical (unpaired) electrons. The summed E-state index contributed by atoms with van der Waals surface area (Å²) in [5, 5.41) is -0.703. The lowest BCUT2D eigenvalue weighted by Gasteiger charge is -2.12. The minimum absolute atomic E-state index is 0.354. The van der Waals surface area contributed by atoms with Crippen LogP contribution in [0.15, 0.2) is 18.2 Å². The first-order valence-electron chi connectivity index (χ1n) is 4.94. The standard InChI is InChI=1S/C12H15ClO2/c1-4-15-12(14)11(13)10-6-5-8(2)7-9(10)3/h5-7,11H,4H2,1-3H3. The van der Waals surface area contributed by atoms with Crippen molar-refractivity contribution in [3.63, 3.8) is 0 Å². The second kappa shape index (κ2) is 5.17. The zero-order valence-electron chi connectivity index (χ0n) is 9.21. The highest BCUT2D eigenvalue weighted by Gasteiger charge is 2.20. The topological polar surface area (TPSA) is 26.3 Å². The van der Waals surface area contributed by atoms with Gasteiger partial charge in [-0.3, -0.25) is 4.79 Å². The van der Waals surface area contributed by atoms with E-state index in [1.54, 1.807) is 6.92 Å². The van der Waals surface area contributed by atoms with E-state index in [1.807, 2.05) is 32.0 Å². The van der Waals surface area contributed by atoms with Gasteiger partial charge in [0, 0.05) is 0 Å². The molecule has 0 aliphatic carbocycles. The average molecular weight is 227 g/mol. The Morgan fingerprint density at radius 1 is 1.47 bits per heavy atom. The number of rotatable bonds is 3. The molecule has 0 saturated heterocycles. The van der Waals surface area contributed by atoms with Gasteiger partial charge in [-0.05, 0) is 31.9 Å². The molecule has 0 aliphatic rings. The maximum absolute atomic E-state index is 11.4. The molecular weight excluding hydrogens is 212 g/mol. The maximum atomic E-state index is 11.4. The molecule has 0 N–H and O–H groups in total. The molecule has 0 aromatic heterocycles. The van der Waals surface area contributed by atoms with Gasteiger partial charge in [-0.15, -0.1) is 11.6 Å². The molecule has 0 aliphatic heterocycles. The molecule has 0 bridgehead atoms. The van der Waals surface area contributed by atoms with E-state index >= 15 is 0 Å². The summed E-state index contributed by atoms with van der Waals surface area (Å²) >= 11 is 6.02. The van der Waals surface area contributed by atoms with E-state index in [0.29, 0.717) is 6.61 Å². The first-order chi connectivity index (χ1) is 7.06. The van der Waals surface area contributed by atoms with Crippen LogP contribution in [0.3, 0.4) is 0 Å². The van der Waals surface area contributed by atoms with Crippen LogP contribution in [0.1, 0.15) is 29.0 Å². The lowest BCUT2D eigenvalue weighted by molar-refractivity contribution is -0.142. The molecule has 1 atom stereocenters. The third kappa shape index (κ3) is 2.96. The molecule has 82 valence electrons. The second-order valence-corrected chi connectivity index (χ2v) is 3.91. The lowest BCUT2D eigenvalue weighted by Crippen LogP contribution is -2.12. The summed E-state index contributed by atoms with van der Waals surface area (Å²) in [6.07, 6.45) is 0. The van der Waals surface area contributed by atoms with E-state index in [1.165, 1.54) is 0 Å². The zero-order valence-corrected chi connectivity index (χ0v) is 9.97. The minimum Gasteiger partial charge on any atom is -0.465 e. The van der Waals surface area contributed by atoms with Gasteiger partial charge in [-0.2, -0.15) is 0 Å². The maximum Gasteiger partial charge on any atom is 0.328 e. The number of halogens is 1. The second-order valence-electron chi connectivity index (χ2n) is 3.47. The molecule has 1 unspecified atom stereocenters. The van der Waals surface area contributed by atoms with Crippen LogP contribution in [0.5, 0.6) is 0 Å². The van der Waals surface area contributed by atoms with Crippen LogP contribution in [-0.2, 0) is 9.53 Å². The predicted molar refractivity (Wildman–Crippen MR) is 61.1 cm³/mol. The predicted octanol–water partition coefficient (Wildman–Crippen LogP) is 3.15. The summed E-state index contributed by atoms with van der Waals surface area (Å²) < 4.78 is 4.87. The number of esters is 1. The van der Waals surface area contributed by atoms with Crippen LogP contribution in [0, 0.1) is 13.8 Å². The summed E-state index contributed by atoms with van der Waals surface area (Å²) in [7, 11) is 0. The molecule has 0 spiro atoms. The molecule has 0 fully saturated rings. The Morgan fingerprint density at radius 2 is 2.13 bits per heavy atom. The molecule has 0 heterocycles. The van der Waals surface area contributed by atoms with Gasteiger partial charge < -0.3 is 4.74 Å². The largest absolute Gasteiger partial charge is 0.465 e. The smallest absolute Gasteiger partial charge is 0.328 e. The SMILES string of the molecule is CCOC(=O)C(Cl)c1ccc(C)cc1C. The van der Waals surface area contributed by atoms with Crippen molar-refractivity contribution >= 4 is 17.6 Å². The number of aryl methyl sites for hydroxylation is 2. The molecule has 0 saturated carbocycles. The molecule has 1 aromatic carbocycles. The van der Waals surface area contributed by atoms with Crippen molar-refractivity contribution in [2.24, 2.45) is 0 Å². The highest BCUT2D eigenvalue weighted by atomic mass is 35.5. The number of benzene rings is 1. The molecule has 1 aromatic rings. The molecule has 0 amide bonds. The van der Waals surface area contributed by atoms with Crippen LogP contribution in [0.4, 0.5) is 0 Å². The van der Waals surface area contributed by atoms with Crippen molar-refractivity contribution < 1.29 is 9.53 Å². The zero-order chi connectivity index (χ0) is 11.4. The summed E-state index contributed by atoms with van der Waals surface area (Å²) in [5.74, 6) is -0.383. The van der Waals surface area contributed by atoms with Gasteiger partial charge in [0.25, 0.3) is 0 Å². The summed E-state index contributed by atoms with van der Waals surface area (Å²) in [5.41, 5.74) is 2.99. The van der Waals surface area contributed by atoms with E-state index in [9.17, 15) is 4.79 Å². The third-order valence-corrected chi connectivity index (χ3v) is 2.61. The van der Waals surface area contributed by atoms with Crippen LogP contribution < -0.4 is 0 Å². The van der Waals surface area contributed by atoms with Crippen LogP contribution in [0.25, 0.3) is 0 Å². The monoisotopic (exact) mass is 226 g/mol. The van der Waals surface area contributed by atoms with E-state index in [2.05, 4.69) is 0 Å². The van der Waals surface area contributed by atoms with Crippen molar-refractivity contribution in [3.05, 3.63) is 34.9 Å². The van der Waals surface area contributed by atoms with Gasteiger partial charge in [0.2, 0.25) is 0 Å². The van der Waals surface area contributed by atoms with E-state index < -0.39 is 5.38 Å². The van der Waals surface area contributed by atoms with Gasteiger partial charge in [-0.1, -0.05) is 23.8 Å². The van der Waals surface area contributed by atoms with Crippen molar-refractivity contribution in [3.8, 4) is 0 Å². The molecule has 1 rings (SSSR count). The molecule has 15 heavy (non-hydrogen) atoms. The van der Waals surface area contributed by atoms with Crippen molar-refractivity contribution in [2.75, 3.05) is 6.61 Å². The lowest BCUT2D eigenvalue weighted by atomic mass is 10.0. The summed E-state index contributed by atoms with van der Waals surface area (Å²) in [6, 6.07) is 5.82. The highest BCUT2D eigenvalue weighted by molar-refractivity contribution is 6.30. The highest BCUT2D eigenvalue weighted by Crippen LogP contribution is 2.25. The number of hydrogen-bond donors (Lipinski definition) is 0. The normalized spacial score (nSPS) is 12.3. The quantitative estimate of drug-likeness (QED) is 0.585. The van der Waals surface area contributed by atoms with Crippen LogP contribution in [-0.4, -0.2) is 12.6 Å². The van der Waals surface area contributed by atoms with Gasteiger partial charge >= 0.3 is 5.97 Å². The van der Waals surface area contributed by atoms with E-state index in [-0.39, 0.29) is 5.97 Å². The Labute approximate surface area is 95.2 Å². The van der Waals surface area contributed by atoms with Crippen molar-refractivity contribution in [2.45, 2.75) is 26.1 Å². The number of carbonyl (C=O) groups is 1. The Hall–Kier alpha value is -1.02. The van der Waals surface area contributed by atoms with Gasteiger partial charge in [-0.25, -0.2) is 0 Å². The Kier molecular flexibility index (Phi) is 4.15. The first kappa shape index (κ1) is 12.1. The summed E-state index contributed by atoms with van der Waals surface area (Å²) in [6.45, 7) is 6.07. The van der Waals surface area contributed by atoms with Crippen LogP contribution >= 0.6 is 11.6 Å². The summed E-state index contributed by atoms with van der Waals surface area (Å²) in [4.78, 5) is 11.4. The molecule has 3 heteroatoms. The Morgan fingerprint density at radius 3 is 2.67 bits per heavy atom. The fourth-order valence-corrected chi connectivity index (χ4v) is 1.76. The molecular formula is C12H15ClO2. The average Bonchev–Trinajstić information content (AvgIpc) is 2.17. The van der Waals surface area contributed by atoms with E-state index in [4.69, 9.17) is 16.3 Å². The number of alkyl halides is 1. The van der Waals surface area contributed by atoms with Crippen molar-refractivity contribution in [1.82, 2.24) is 0 Å². The third-order valence-electron chi connectivity index (χ3n) is 2.19. The Bertz CT molecular complexity index is 361. The van der Waals surface area contributed by atoms with Crippen LogP contribution in [0.2, 0.25) is 0 Å². The van der Waals surface area contributed by atoms with Gasteiger partial charge in [0.1, 0.15) is 0 Å². The van der Waals surface area contributed by atoms with Crippen molar-refractivity contribution in [1.29, 1.82) is 0 Å². The van der Waals surface area contributed by atoms with Gasteiger partial charge in [0.05, 0.1) is 6.61 Å². The first-order valence-corrected chi connectivity index (χ1v) is 5.37. The van der Waals surface area contributed by atoms with E-state index in [0.717, 1.165) is 16.7 Å². The van der Waals surface area contributed by atoms with Gasteiger partial charge in [0.15, 0.2) is 5.38 Å². The Balaban J connectivity index is 2.91. The fraction of sp³-hybridized carbons (Fsp3) is 0.417. The minimum atomic E-state index is -0.703.